The van der Waals surface area contributed by atoms with E-state index in [4.69, 9.17) is 9.47 Å². The summed E-state index contributed by atoms with van der Waals surface area (Å²) in [4.78, 5) is 12.1. The van der Waals surface area contributed by atoms with Crippen LogP contribution in [0.25, 0.3) is 0 Å². The van der Waals surface area contributed by atoms with Gasteiger partial charge in [0.05, 0.1) is 25.5 Å². The molecule has 0 bridgehead atoms. The van der Waals surface area contributed by atoms with Gasteiger partial charge in [0.15, 0.2) is 11.5 Å². The van der Waals surface area contributed by atoms with Crippen LogP contribution in [0.1, 0.15) is 29.3 Å². The maximum Gasteiger partial charge on any atom is 0.272 e. The molecule has 0 aliphatic heterocycles. The van der Waals surface area contributed by atoms with E-state index in [0.29, 0.717) is 23.7 Å². The van der Waals surface area contributed by atoms with Gasteiger partial charge in [-0.1, -0.05) is 19.1 Å². The summed E-state index contributed by atoms with van der Waals surface area (Å²) in [6.45, 7) is 2.67. The predicted molar refractivity (Wildman–Crippen MR) is 98.0 cm³/mol. The average Bonchev–Trinajstić information content (AvgIpc) is 2.60. The highest BCUT2D eigenvalue weighted by molar-refractivity contribution is 9.10. The van der Waals surface area contributed by atoms with Crippen LogP contribution in [0.4, 0.5) is 0 Å². The maximum absolute atomic E-state index is 12.1. The molecule has 126 valence electrons. The van der Waals surface area contributed by atoms with Gasteiger partial charge >= 0.3 is 0 Å². The predicted octanol–water partition coefficient (Wildman–Crippen LogP) is 4.01. The Labute approximate surface area is 149 Å². The summed E-state index contributed by atoms with van der Waals surface area (Å²) in [5, 5.41) is 3.98. The van der Waals surface area contributed by atoms with E-state index >= 15 is 0 Å². The molecular weight excluding hydrogens is 372 g/mol. The molecule has 2 aromatic carbocycles. The van der Waals surface area contributed by atoms with Crippen molar-refractivity contribution in [2.24, 2.45) is 5.10 Å². The fourth-order valence-corrected chi connectivity index (χ4v) is 2.43. The minimum atomic E-state index is -0.284. The minimum Gasteiger partial charge on any atom is -0.493 e. The van der Waals surface area contributed by atoms with Crippen LogP contribution in [0.3, 0.4) is 0 Å². The monoisotopic (exact) mass is 390 g/mol. The third-order valence-corrected chi connectivity index (χ3v) is 3.84. The molecule has 1 N–H and O–H groups in total. The highest BCUT2D eigenvalue weighted by Gasteiger charge is 2.08. The fourth-order valence-electron chi connectivity index (χ4n) is 1.97. The van der Waals surface area contributed by atoms with Gasteiger partial charge in [-0.25, -0.2) is 5.43 Å². The van der Waals surface area contributed by atoms with Crippen LogP contribution in [0.2, 0.25) is 0 Å². The summed E-state index contributed by atoms with van der Waals surface area (Å²) in [6, 6.07) is 12.6. The quantitative estimate of drug-likeness (QED) is 0.573. The van der Waals surface area contributed by atoms with Crippen LogP contribution in [-0.4, -0.2) is 25.8 Å². The molecule has 1 amide bonds. The van der Waals surface area contributed by atoms with Crippen molar-refractivity contribution >= 4 is 28.1 Å². The van der Waals surface area contributed by atoms with Crippen molar-refractivity contribution in [3.63, 3.8) is 0 Å². The van der Waals surface area contributed by atoms with E-state index in [9.17, 15) is 4.79 Å². The average molecular weight is 391 g/mol. The van der Waals surface area contributed by atoms with Crippen molar-refractivity contribution in [3.8, 4) is 11.5 Å². The van der Waals surface area contributed by atoms with E-state index in [1.807, 2.05) is 25.1 Å². The summed E-state index contributed by atoms with van der Waals surface area (Å²) >= 11 is 3.34. The lowest BCUT2D eigenvalue weighted by Crippen LogP contribution is -2.18. The molecule has 0 aliphatic rings. The zero-order chi connectivity index (χ0) is 17.4. The molecule has 5 nitrogen and oxygen atoms in total. The molecule has 0 spiro atoms. The van der Waals surface area contributed by atoms with E-state index in [-0.39, 0.29) is 5.91 Å². The van der Waals surface area contributed by atoms with Crippen LogP contribution in [-0.2, 0) is 0 Å². The Balaban J connectivity index is 2.04. The molecule has 2 aromatic rings. The van der Waals surface area contributed by atoms with Crippen molar-refractivity contribution in [1.82, 2.24) is 5.43 Å². The number of carbonyl (C=O) groups is 1. The highest BCUT2D eigenvalue weighted by atomic mass is 79.9. The molecule has 0 unspecified atom stereocenters. The molecule has 0 aliphatic carbocycles. The van der Waals surface area contributed by atoms with Crippen molar-refractivity contribution < 1.29 is 14.3 Å². The number of hydrazone groups is 1. The summed E-state index contributed by atoms with van der Waals surface area (Å²) in [5.74, 6) is 1.03. The number of ether oxygens (including phenoxy) is 2. The van der Waals surface area contributed by atoms with Gasteiger partial charge < -0.3 is 9.47 Å². The van der Waals surface area contributed by atoms with Crippen LogP contribution in [0.15, 0.2) is 52.0 Å². The molecular formula is C18H19BrN2O3. The van der Waals surface area contributed by atoms with Gasteiger partial charge in [-0.15, -0.1) is 0 Å². The molecule has 0 heterocycles. The third kappa shape index (κ3) is 4.83. The standard InChI is InChI=1S/C18H19BrN2O3/c1-3-10-24-16-9-8-13(11-17(16)23-2)12-20-21-18(22)14-6-4-5-7-15(14)19/h4-9,11-12H,3,10H2,1-2H3,(H,21,22)/b20-12-. The minimum absolute atomic E-state index is 0.284. The van der Waals surface area contributed by atoms with Crippen LogP contribution < -0.4 is 14.9 Å². The van der Waals surface area contributed by atoms with Gasteiger partial charge in [0.1, 0.15) is 0 Å². The Hall–Kier alpha value is -2.34. The van der Waals surface area contributed by atoms with E-state index in [1.54, 1.807) is 37.6 Å². The lowest BCUT2D eigenvalue weighted by molar-refractivity contribution is 0.0954. The third-order valence-electron chi connectivity index (χ3n) is 3.15. The zero-order valence-electron chi connectivity index (χ0n) is 13.6. The first-order valence-electron chi connectivity index (χ1n) is 7.54. The van der Waals surface area contributed by atoms with Gasteiger partial charge in [-0.2, -0.15) is 5.10 Å². The number of benzene rings is 2. The van der Waals surface area contributed by atoms with Crippen LogP contribution >= 0.6 is 15.9 Å². The second-order valence-electron chi connectivity index (χ2n) is 4.94. The molecule has 2 rings (SSSR count). The largest absolute Gasteiger partial charge is 0.493 e. The Kier molecular flexibility index (Phi) is 6.81. The summed E-state index contributed by atoms with van der Waals surface area (Å²) in [6.07, 6.45) is 2.48. The topological polar surface area (TPSA) is 59.9 Å². The van der Waals surface area contributed by atoms with Crippen molar-refractivity contribution in [2.75, 3.05) is 13.7 Å². The number of hydrogen-bond donors (Lipinski definition) is 1. The number of rotatable bonds is 7. The summed E-state index contributed by atoms with van der Waals surface area (Å²) in [7, 11) is 1.59. The highest BCUT2D eigenvalue weighted by Crippen LogP contribution is 2.27. The number of nitrogens with one attached hydrogen (secondary N) is 1. The number of carbonyl (C=O) groups excluding carboxylic acids is 1. The first-order chi connectivity index (χ1) is 11.7. The van der Waals surface area contributed by atoms with E-state index < -0.39 is 0 Å². The van der Waals surface area contributed by atoms with Gasteiger partial charge in [0.25, 0.3) is 5.91 Å². The Morgan fingerprint density at radius 2 is 2.04 bits per heavy atom. The smallest absolute Gasteiger partial charge is 0.272 e. The lowest BCUT2D eigenvalue weighted by Gasteiger charge is -2.10. The van der Waals surface area contributed by atoms with Gasteiger partial charge in [0.2, 0.25) is 0 Å². The number of halogens is 1. The van der Waals surface area contributed by atoms with E-state index in [1.165, 1.54) is 0 Å². The van der Waals surface area contributed by atoms with Crippen LogP contribution in [0, 0.1) is 0 Å². The second-order valence-corrected chi connectivity index (χ2v) is 5.79. The Morgan fingerprint density at radius 3 is 2.75 bits per heavy atom. The molecule has 6 heteroatoms. The van der Waals surface area contributed by atoms with Gasteiger partial charge in [-0.3, -0.25) is 4.79 Å². The second kappa shape index (κ2) is 9.08. The molecule has 0 fully saturated rings. The van der Waals surface area contributed by atoms with Crippen molar-refractivity contribution in [2.45, 2.75) is 13.3 Å². The van der Waals surface area contributed by atoms with E-state index in [2.05, 4.69) is 26.5 Å². The SMILES string of the molecule is CCCOc1ccc(/C=N\NC(=O)c2ccccc2Br)cc1OC. The van der Waals surface area contributed by atoms with E-state index in [0.717, 1.165) is 16.5 Å². The van der Waals surface area contributed by atoms with Crippen LogP contribution in [0.5, 0.6) is 11.5 Å². The first kappa shape index (κ1) is 18.0. The summed E-state index contributed by atoms with van der Waals surface area (Å²) < 4.78 is 11.6. The Bertz CT molecular complexity index is 732. The maximum atomic E-state index is 12.1. The Morgan fingerprint density at radius 1 is 1.25 bits per heavy atom. The number of methoxy groups -OCH3 is 1. The van der Waals surface area contributed by atoms with Gasteiger partial charge in [0, 0.05) is 4.47 Å². The first-order valence-corrected chi connectivity index (χ1v) is 8.33. The molecule has 0 radical (unpaired) electrons. The van der Waals surface area contributed by atoms with Gasteiger partial charge in [-0.05, 0) is 58.2 Å². The molecule has 0 saturated carbocycles. The van der Waals surface area contributed by atoms with Crippen molar-refractivity contribution in [3.05, 3.63) is 58.1 Å². The molecule has 0 atom stereocenters. The summed E-state index contributed by atoms with van der Waals surface area (Å²) in [5.41, 5.74) is 3.82. The number of amides is 1. The number of hydrogen-bond acceptors (Lipinski definition) is 4. The normalized spacial score (nSPS) is 10.6. The number of nitrogens with zero attached hydrogens (tertiary/aromatic N) is 1. The fraction of sp³-hybridized carbons (Fsp3) is 0.222. The molecule has 24 heavy (non-hydrogen) atoms. The molecule has 0 aromatic heterocycles. The van der Waals surface area contributed by atoms with Crippen molar-refractivity contribution in [1.29, 1.82) is 0 Å². The lowest BCUT2D eigenvalue weighted by atomic mass is 10.2. The molecule has 0 saturated heterocycles. The zero-order valence-corrected chi connectivity index (χ0v) is 15.2.